The minimum atomic E-state index is -0.334. The number of aromatic nitrogens is 1. The number of hydrogen-bond acceptors (Lipinski definition) is 4. The van der Waals surface area contributed by atoms with E-state index in [1.54, 1.807) is 11.3 Å². The number of aryl methyl sites for hydroxylation is 1. The quantitative estimate of drug-likeness (QED) is 0.751. The second-order valence-electron chi connectivity index (χ2n) is 5.73. The Labute approximate surface area is 145 Å². The third-order valence-electron chi connectivity index (χ3n) is 3.07. The molecule has 0 aliphatic heterocycles. The third kappa shape index (κ3) is 5.66. The van der Waals surface area contributed by atoms with Crippen LogP contribution in [-0.2, 0) is 4.79 Å². The van der Waals surface area contributed by atoms with E-state index in [1.165, 1.54) is 0 Å². The Morgan fingerprint density at radius 2 is 2.08 bits per heavy atom. The Morgan fingerprint density at radius 3 is 2.75 bits per heavy atom. The summed E-state index contributed by atoms with van der Waals surface area (Å²) in [6.45, 7) is 6.03. The SMILES string of the molecule is Cc1csc(-c2cccc(NC(=O)NCCC(=O)NC(C)C)c2)n1. The van der Waals surface area contributed by atoms with E-state index in [4.69, 9.17) is 0 Å². The van der Waals surface area contributed by atoms with Gasteiger partial charge in [0.25, 0.3) is 0 Å². The maximum atomic E-state index is 11.9. The summed E-state index contributed by atoms with van der Waals surface area (Å²) in [6.07, 6.45) is 0.254. The first-order valence-corrected chi connectivity index (χ1v) is 8.69. The van der Waals surface area contributed by atoms with Crippen LogP contribution >= 0.6 is 11.3 Å². The van der Waals surface area contributed by atoms with E-state index in [0.717, 1.165) is 16.3 Å². The summed E-state index contributed by atoms with van der Waals surface area (Å²) >= 11 is 1.57. The van der Waals surface area contributed by atoms with Crippen molar-refractivity contribution in [1.82, 2.24) is 15.6 Å². The van der Waals surface area contributed by atoms with Gasteiger partial charge in [0.2, 0.25) is 5.91 Å². The Kier molecular flexibility index (Phi) is 6.31. The van der Waals surface area contributed by atoms with Crippen LogP contribution in [0.2, 0.25) is 0 Å². The summed E-state index contributed by atoms with van der Waals surface area (Å²) in [5, 5.41) is 11.1. The van der Waals surface area contributed by atoms with Crippen molar-refractivity contribution in [2.75, 3.05) is 11.9 Å². The van der Waals surface area contributed by atoms with Crippen molar-refractivity contribution >= 4 is 29.0 Å². The molecule has 0 radical (unpaired) electrons. The number of thiazole rings is 1. The number of benzene rings is 1. The standard InChI is InChI=1S/C17H22N4O2S/c1-11(2)19-15(22)7-8-18-17(23)21-14-6-4-5-13(9-14)16-20-12(3)10-24-16/h4-6,9-11H,7-8H2,1-3H3,(H,19,22)(H2,18,21,23). The Balaban J connectivity index is 1.85. The van der Waals surface area contributed by atoms with E-state index in [1.807, 2.05) is 50.4 Å². The van der Waals surface area contributed by atoms with E-state index >= 15 is 0 Å². The Bertz CT molecular complexity index is 712. The largest absolute Gasteiger partial charge is 0.354 e. The molecular formula is C17H22N4O2S. The minimum absolute atomic E-state index is 0.0774. The maximum Gasteiger partial charge on any atom is 0.319 e. The molecule has 3 N–H and O–H groups in total. The molecule has 0 bridgehead atoms. The van der Waals surface area contributed by atoms with E-state index in [0.29, 0.717) is 5.69 Å². The fraction of sp³-hybridized carbons (Fsp3) is 0.353. The molecule has 0 saturated heterocycles. The second-order valence-corrected chi connectivity index (χ2v) is 6.59. The van der Waals surface area contributed by atoms with Gasteiger partial charge >= 0.3 is 6.03 Å². The van der Waals surface area contributed by atoms with Crippen LogP contribution in [0.1, 0.15) is 26.0 Å². The third-order valence-corrected chi connectivity index (χ3v) is 4.08. The van der Waals surface area contributed by atoms with Crippen LogP contribution in [0.15, 0.2) is 29.6 Å². The molecule has 1 aromatic carbocycles. The van der Waals surface area contributed by atoms with Crippen molar-refractivity contribution in [1.29, 1.82) is 0 Å². The number of urea groups is 1. The molecule has 0 unspecified atom stereocenters. The lowest BCUT2D eigenvalue weighted by Crippen LogP contribution is -2.35. The fourth-order valence-electron chi connectivity index (χ4n) is 2.08. The van der Waals surface area contributed by atoms with Crippen LogP contribution in [-0.4, -0.2) is 29.5 Å². The van der Waals surface area contributed by atoms with Crippen LogP contribution < -0.4 is 16.0 Å². The summed E-state index contributed by atoms with van der Waals surface area (Å²) in [5.74, 6) is -0.0774. The molecule has 128 valence electrons. The summed E-state index contributed by atoms with van der Waals surface area (Å²) in [6, 6.07) is 7.29. The van der Waals surface area contributed by atoms with Gasteiger partial charge in [-0.2, -0.15) is 0 Å². The average molecular weight is 346 g/mol. The van der Waals surface area contributed by atoms with Gasteiger partial charge in [-0.25, -0.2) is 9.78 Å². The first-order valence-electron chi connectivity index (χ1n) is 7.81. The molecule has 1 aromatic heterocycles. The number of nitrogens with one attached hydrogen (secondary N) is 3. The van der Waals surface area contributed by atoms with Crippen molar-refractivity contribution in [3.05, 3.63) is 35.3 Å². The van der Waals surface area contributed by atoms with Gasteiger partial charge < -0.3 is 16.0 Å². The number of carbonyl (C=O) groups excluding carboxylic acids is 2. The van der Waals surface area contributed by atoms with Crippen LogP contribution in [0.5, 0.6) is 0 Å². The lowest BCUT2D eigenvalue weighted by molar-refractivity contribution is -0.121. The Hall–Kier alpha value is -2.41. The number of amides is 3. The van der Waals surface area contributed by atoms with Crippen LogP contribution in [0, 0.1) is 6.92 Å². The molecule has 0 aliphatic rings. The molecule has 3 amide bonds. The summed E-state index contributed by atoms with van der Waals surface area (Å²) in [5.41, 5.74) is 2.62. The highest BCUT2D eigenvalue weighted by molar-refractivity contribution is 7.13. The predicted octanol–water partition coefficient (Wildman–Crippen LogP) is 3.15. The van der Waals surface area contributed by atoms with Gasteiger partial charge in [-0.15, -0.1) is 11.3 Å². The average Bonchev–Trinajstić information content (AvgIpc) is 2.93. The van der Waals surface area contributed by atoms with Gasteiger partial charge in [0.1, 0.15) is 5.01 Å². The second kappa shape index (κ2) is 8.44. The molecule has 0 atom stereocenters. The molecular weight excluding hydrogens is 324 g/mol. The first-order chi connectivity index (χ1) is 11.4. The molecule has 1 heterocycles. The van der Waals surface area contributed by atoms with Crippen LogP contribution in [0.4, 0.5) is 10.5 Å². The normalized spacial score (nSPS) is 10.5. The highest BCUT2D eigenvalue weighted by atomic mass is 32.1. The zero-order chi connectivity index (χ0) is 17.5. The van der Waals surface area contributed by atoms with Gasteiger partial charge in [0.15, 0.2) is 0 Å². The van der Waals surface area contributed by atoms with E-state index in [2.05, 4.69) is 20.9 Å². The molecule has 2 rings (SSSR count). The summed E-state index contributed by atoms with van der Waals surface area (Å²) in [7, 11) is 0. The van der Waals surface area contributed by atoms with E-state index in [-0.39, 0.29) is 30.9 Å². The highest BCUT2D eigenvalue weighted by Crippen LogP contribution is 2.25. The van der Waals surface area contributed by atoms with Crippen molar-refractivity contribution < 1.29 is 9.59 Å². The minimum Gasteiger partial charge on any atom is -0.354 e. The van der Waals surface area contributed by atoms with Crippen LogP contribution in [0.25, 0.3) is 10.6 Å². The summed E-state index contributed by atoms with van der Waals surface area (Å²) in [4.78, 5) is 27.8. The first kappa shape index (κ1) is 17.9. The van der Waals surface area contributed by atoms with Gasteiger partial charge in [-0.3, -0.25) is 4.79 Å². The molecule has 0 fully saturated rings. The van der Waals surface area contributed by atoms with E-state index < -0.39 is 0 Å². The van der Waals surface area contributed by atoms with Gasteiger partial charge in [-0.05, 0) is 32.9 Å². The number of hydrogen-bond donors (Lipinski definition) is 3. The van der Waals surface area contributed by atoms with Crippen LogP contribution in [0.3, 0.4) is 0 Å². The molecule has 2 aromatic rings. The highest BCUT2D eigenvalue weighted by Gasteiger charge is 2.07. The zero-order valence-corrected chi connectivity index (χ0v) is 14.9. The Morgan fingerprint density at radius 1 is 1.29 bits per heavy atom. The van der Waals surface area contributed by atoms with Crippen molar-refractivity contribution in [3.8, 4) is 10.6 Å². The maximum absolute atomic E-state index is 11.9. The number of carbonyl (C=O) groups is 2. The molecule has 0 saturated carbocycles. The lowest BCUT2D eigenvalue weighted by atomic mass is 10.2. The number of rotatable bonds is 6. The van der Waals surface area contributed by atoms with Crippen molar-refractivity contribution in [3.63, 3.8) is 0 Å². The van der Waals surface area contributed by atoms with Gasteiger partial charge in [-0.1, -0.05) is 12.1 Å². The van der Waals surface area contributed by atoms with Gasteiger partial charge in [0, 0.05) is 41.3 Å². The van der Waals surface area contributed by atoms with Crippen molar-refractivity contribution in [2.45, 2.75) is 33.2 Å². The fourth-order valence-corrected chi connectivity index (χ4v) is 2.87. The molecule has 0 aliphatic carbocycles. The molecule has 7 heteroatoms. The van der Waals surface area contributed by atoms with E-state index in [9.17, 15) is 9.59 Å². The van der Waals surface area contributed by atoms with Gasteiger partial charge in [0.05, 0.1) is 0 Å². The topological polar surface area (TPSA) is 83.1 Å². The molecule has 6 nitrogen and oxygen atoms in total. The lowest BCUT2D eigenvalue weighted by Gasteiger charge is -2.10. The summed E-state index contributed by atoms with van der Waals surface area (Å²) < 4.78 is 0. The zero-order valence-electron chi connectivity index (χ0n) is 14.1. The monoisotopic (exact) mass is 346 g/mol. The predicted molar refractivity (Wildman–Crippen MR) is 97.2 cm³/mol. The number of nitrogens with zero attached hydrogens (tertiary/aromatic N) is 1. The smallest absolute Gasteiger partial charge is 0.319 e. The molecule has 24 heavy (non-hydrogen) atoms. The number of anilines is 1. The molecule has 0 spiro atoms. The van der Waals surface area contributed by atoms with Crippen molar-refractivity contribution in [2.24, 2.45) is 0 Å².